The number of carbonyl (C=O) groups is 2. The molecule has 1 saturated carbocycles. The molecule has 6 saturated heterocycles. The van der Waals surface area contributed by atoms with E-state index < -0.39 is 116 Å². The minimum atomic E-state index is -1.61. The van der Waals surface area contributed by atoms with Crippen LogP contribution in [0.5, 0.6) is 0 Å². The Labute approximate surface area is 277 Å². The Morgan fingerprint density at radius 2 is 1.47 bits per heavy atom. The van der Waals surface area contributed by atoms with Gasteiger partial charge in [0.25, 0.3) is 0 Å². The van der Waals surface area contributed by atoms with Crippen LogP contribution in [0.15, 0.2) is 0 Å². The van der Waals surface area contributed by atoms with Crippen molar-refractivity contribution in [2.24, 2.45) is 10.8 Å². The zero-order valence-corrected chi connectivity index (χ0v) is 35.8. The Morgan fingerprint density at radius 3 is 1.97 bits per heavy atom. The monoisotopic (exact) mass is 1100 g/mol. The molecule has 7 aliphatic rings. The number of hydrogen-bond acceptors (Lipinski definition) is 8. The topological polar surface area (TPSA) is 89.6 Å². The summed E-state index contributed by atoms with van der Waals surface area (Å²) >= 11 is -4.43. The van der Waals surface area contributed by atoms with Crippen LogP contribution in [0.2, 0.25) is 0 Å². The van der Waals surface area contributed by atoms with Gasteiger partial charge in [-0.3, -0.25) is 0 Å². The summed E-state index contributed by atoms with van der Waals surface area (Å²) in [7, 11) is 0. The molecule has 7 rings (SSSR count). The molecule has 6 heterocycles. The summed E-state index contributed by atoms with van der Waals surface area (Å²) < 4.78 is 21.1. The molecule has 0 aromatic heterocycles. The van der Waals surface area contributed by atoms with E-state index in [1.165, 1.54) is 32.9 Å². The third-order valence-corrected chi connectivity index (χ3v) is 32.0. The van der Waals surface area contributed by atoms with Crippen LogP contribution in [-0.4, -0.2) is 90.8 Å². The quantitative estimate of drug-likeness (QED) is 0.389. The molecule has 0 spiro atoms. The summed E-state index contributed by atoms with van der Waals surface area (Å²) in [5.74, 6) is 0. The van der Waals surface area contributed by atoms with Crippen molar-refractivity contribution in [1.82, 2.24) is 24.5 Å². The van der Waals surface area contributed by atoms with Crippen LogP contribution in [0.4, 0.5) is 9.59 Å². The Morgan fingerprint density at radius 1 is 0.889 bits per heavy atom. The summed E-state index contributed by atoms with van der Waals surface area (Å²) in [5.41, 5.74) is 0.0323. The van der Waals surface area contributed by atoms with Crippen molar-refractivity contribution in [3.05, 3.63) is 0 Å². The number of amides is 2. The summed E-state index contributed by atoms with van der Waals surface area (Å²) in [6.45, 7) is 14.5. The standard InChI is InChI=1S/C12H22N2O4.2C5H9N2.2U.2Y/c1-11(2)4-8(14-10(17)18)5-12(3,6-11)7-13-9(15)16;2*1-7-4-2-6-3-5-7;;;;/h8,13-14H,4-7H2,1-3H3,(H,15,16)(H,17,18);2*2H,1,3-5H2;;;;/q;2*-1;4*+1/p-2. The summed E-state index contributed by atoms with van der Waals surface area (Å²) in [6, 6.07) is 0.0884. The fraction of sp³-hybridized carbons (Fsp3) is 0.909. The van der Waals surface area contributed by atoms with E-state index in [1.807, 2.05) is 0 Å². The van der Waals surface area contributed by atoms with Crippen LogP contribution in [0, 0.1) is 67.3 Å². The normalized spacial score (nSPS) is 39.6. The maximum atomic E-state index is 12.8. The van der Waals surface area contributed by atoms with E-state index in [4.69, 9.17) is 4.48 Å². The van der Waals surface area contributed by atoms with Gasteiger partial charge in [-0.1, -0.05) is 0 Å². The van der Waals surface area contributed by atoms with Crippen molar-refractivity contribution in [3.8, 4) is 0 Å². The van der Waals surface area contributed by atoms with Crippen LogP contribution >= 0.6 is 0 Å². The molecule has 1 aliphatic carbocycles. The van der Waals surface area contributed by atoms with Crippen LogP contribution in [-0.2, 0) is 63.6 Å². The molecule has 14 heteroatoms. The summed E-state index contributed by atoms with van der Waals surface area (Å²) in [6.07, 6.45) is 2.43. The van der Waals surface area contributed by atoms with Crippen LogP contribution in [0.1, 0.15) is 40.0 Å². The summed E-state index contributed by atoms with van der Waals surface area (Å²) in [4.78, 5) is 30.5. The van der Waals surface area contributed by atoms with Gasteiger partial charge in [0.15, 0.2) is 0 Å². The third kappa shape index (κ3) is 8.38. The van der Waals surface area contributed by atoms with Crippen LogP contribution in [0.3, 0.4) is 0 Å². The molecule has 194 valence electrons. The molecule has 0 radical (unpaired) electrons. The van der Waals surface area contributed by atoms with Gasteiger partial charge in [0.2, 0.25) is 0 Å². The Hall–Kier alpha value is 2.69. The summed E-state index contributed by atoms with van der Waals surface area (Å²) in [5, 5.41) is 6.33. The van der Waals surface area contributed by atoms with Gasteiger partial charge in [0, 0.05) is 0 Å². The van der Waals surface area contributed by atoms with E-state index in [1.54, 1.807) is 0 Å². The van der Waals surface area contributed by atoms with E-state index in [0.717, 1.165) is 32.4 Å². The van der Waals surface area contributed by atoms with Gasteiger partial charge in [-0.05, 0) is 0 Å². The maximum absolute atomic E-state index is 12.8. The molecular weight excluding hydrogens is 1070 g/mol. The van der Waals surface area contributed by atoms with Gasteiger partial charge in [-0.2, -0.15) is 0 Å². The zero-order valence-electron chi connectivity index (χ0n) is 21.8. The molecule has 7 fully saturated rings. The van der Waals surface area contributed by atoms with Gasteiger partial charge in [0.1, 0.15) is 0 Å². The van der Waals surface area contributed by atoms with Gasteiger partial charge in [0.05, 0.1) is 0 Å². The Bertz CT molecular complexity index is 815. The number of fused-ring (bicyclic) bond motifs is 6. The van der Waals surface area contributed by atoms with Crippen LogP contribution < -0.4 is 10.6 Å². The third-order valence-electron chi connectivity index (χ3n) is 8.16. The van der Waals surface area contributed by atoms with Crippen molar-refractivity contribution in [2.75, 3.05) is 52.5 Å². The number of carbonyl (C=O) groups excluding carboxylic acids is 2. The van der Waals surface area contributed by atoms with Crippen molar-refractivity contribution < 1.29 is 130 Å². The fourth-order valence-corrected chi connectivity index (χ4v) is 29.3. The Kier molecular flexibility index (Phi) is 11.2. The number of nitrogens with zero attached hydrogens (tertiary/aromatic N) is 4. The number of rotatable bonds is 7. The first-order valence-electron chi connectivity index (χ1n) is 13.2. The molecule has 0 aromatic carbocycles. The molecule has 36 heavy (non-hydrogen) atoms. The van der Waals surface area contributed by atoms with E-state index in [-0.39, 0.29) is 29.1 Å². The van der Waals surface area contributed by atoms with Crippen molar-refractivity contribution in [2.45, 2.75) is 52.2 Å². The van der Waals surface area contributed by atoms with Crippen molar-refractivity contribution >= 4 is 12.2 Å². The molecule has 8 atom stereocenters. The predicted octanol–water partition coefficient (Wildman–Crippen LogP) is 0.848. The first-order valence-corrected chi connectivity index (χ1v) is 28.0. The second-order valence-electron chi connectivity index (χ2n) is 12.2. The molecule has 8 unspecified atom stereocenters. The van der Waals surface area contributed by atoms with Gasteiger partial charge in [-0.15, -0.1) is 0 Å². The average Bonchev–Trinajstić information content (AvgIpc) is 2.85. The van der Waals surface area contributed by atoms with Crippen LogP contribution in [0.25, 0.3) is 0 Å². The van der Waals surface area contributed by atoms with Gasteiger partial charge >= 0.3 is 282 Å². The average molecular weight is 1100 g/mol. The van der Waals surface area contributed by atoms with E-state index >= 15 is 0 Å². The molecule has 2 amide bonds. The number of nitrogens with one attached hydrogen (secondary N) is 2. The molecule has 10 nitrogen and oxygen atoms in total. The first-order chi connectivity index (χ1) is 17.2. The minimum absolute atomic E-state index is 0.0684. The van der Waals surface area contributed by atoms with E-state index in [2.05, 4.69) is 45.3 Å². The SMILES string of the molecule is CC1(C)CC(NC(=O)[O][U][CH]2CN3CC[N]2[Y][CH2]3)CC(C)(CNC(=O)[O][U][CH]2CN3CC[N]2[Y][CH2]3)C1. The van der Waals surface area contributed by atoms with Gasteiger partial charge < -0.3 is 0 Å². The molecule has 2 N–H and O–H groups in total. The second-order valence-corrected chi connectivity index (χ2v) is 28.2. The predicted molar refractivity (Wildman–Crippen MR) is 117 cm³/mol. The Balaban J connectivity index is 1.05. The molecule has 0 aromatic rings. The number of piperazine rings is 2. The van der Waals surface area contributed by atoms with E-state index in [0.29, 0.717) is 12.7 Å². The van der Waals surface area contributed by atoms with Crippen molar-refractivity contribution in [1.29, 1.82) is 0 Å². The molecule has 4 bridgehead atoms. The second kappa shape index (κ2) is 13.3. The van der Waals surface area contributed by atoms with E-state index in [9.17, 15) is 9.59 Å². The van der Waals surface area contributed by atoms with Crippen molar-refractivity contribution in [3.63, 3.8) is 0 Å². The van der Waals surface area contributed by atoms with Gasteiger partial charge in [-0.25, -0.2) is 0 Å². The molecular formula is C22H38N6O4U2Y2. The molecule has 6 aliphatic heterocycles. The first kappa shape index (κ1) is 30.2. The fourth-order valence-electron chi connectivity index (χ4n) is 6.76. The number of hydrogen-bond donors (Lipinski definition) is 2. The zero-order chi connectivity index (χ0) is 25.3.